The monoisotopic (exact) mass is 306 g/mol. The molecule has 1 heterocycles. The van der Waals surface area contributed by atoms with Crippen LogP contribution in [0.3, 0.4) is 0 Å². The molecule has 0 saturated carbocycles. The summed E-state index contributed by atoms with van der Waals surface area (Å²) < 4.78 is 14.7. The molecular weight excluding hydrogens is 287 g/mol. The van der Waals surface area contributed by atoms with Crippen molar-refractivity contribution in [3.05, 3.63) is 53.6 Å². The van der Waals surface area contributed by atoms with Crippen LogP contribution in [0.5, 0.6) is 0 Å². The lowest BCUT2D eigenvalue weighted by Gasteiger charge is -2.10. The Hall–Kier alpha value is -1.95. The van der Waals surface area contributed by atoms with Gasteiger partial charge < -0.3 is 10.6 Å². The molecule has 1 aromatic heterocycles. The van der Waals surface area contributed by atoms with Crippen LogP contribution in [0.1, 0.15) is 17.7 Å². The van der Waals surface area contributed by atoms with Gasteiger partial charge in [-0.05, 0) is 49.3 Å². The summed E-state index contributed by atoms with van der Waals surface area (Å²) in [6.07, 6.45) is 2.92. The normalized spacial score (nSPS) is 10.4. The summed E-state index contributed by atoms with van der Waals surface area (Å²) >= 11 is 5.19. The molecule has 0 atom stereocenters. The van der Waals surface area contributed by atoms with E-state index in [1.807, 2.05) is 23.9 Å². The number of thiocarbonyl (C=S) groups is 1. The lowest BCUT2D eigenvalue weighted by Crippen LogP contribution is -2.35. The van der Waals surface area contributed by atoms with Crippen molar-refractivity contribution in [2.75, 3.05) is 6.54 Å². The molecule has 0 spiro atoms. The molecule has 0 unspecified atom stereocenters. The SMILES string of the molecule is Cc1ccn(CCCNC(=S)NCc2ccc(F)cc2)n1. The summed E-state index contributed by atoms with van der Waals surface area (Å²) in [5.41, 5.74) is 2.02. The van der Waals surface area contributed by atoms with Crippen molar-refractivity contribution in [1.82, 2.24) is 20.4 Å². The molecule has 0 amide bonds. The lowest BCUT2D eigenvalue weighted by molar-refractivity contribution is 0.568. The predicted octanol–water partition coefficient (Wildman–Crippen LogP) is 2.39. The Morgan fingerprint density at radius 1 is 1.24 bits per heavy atom. The number of rotatable bonds is 6. The van der Waals surface area contributed by atoms with Crippen LogP contribution < -0.4 is 10.6 Å². The zero-order valence-electron chi connectivity index (χ0n) is 12.0. The van der Waals surface area contributed by atoms with Gasteiger partial charge >= 0.3 is 0 Å². The average molecular weight is 306 g/mol. The van der Waals surface area contributed by atoms with Gasteiger partial charge in [0.15, 0.2) is 5.11 Å². The van der Waals surface area contributed by atoms with Crippen molar-refractivity contribution < 1.29 is 4.39 Å². The highest BCUT2D eigenvalue weighted by atomic mass is 32.1. The fraction of sp³-hybridized carbons (Fsp3) is 0.333. The van der Waals surface area contributed by atoms with Crippen LogP contribution in [-0.4, -0.2) is 21.4 Å². The van der Waals surface area contributed by atoms with Crippen molar-refractivity contribution >= 4 is 17.3 Å². The molecule has 0 bridgehead atoms. The number of aryl methyl sites for hydroxylation is 2. The lowest BCUT2D eigenvalue weighted by atomic mass is 10.2. The first kappa shape index (κ1) is 15.4. The number of hydrogen-bond donors (Lipinski definition) is 2. The van der Waals surface area contributed by atoms with Crippen molar-refractivity contribution in [1.29, 1.82) is 0 Å². The van der Waals surface area contributed by atoms with Crippen LogP contribution in [0, 0.1) is 12.7 Å². The second kappa shape index (κ2) is 7.73. The van der Waals surface area contributed by atoms with Crippen LogP contribution in [0.15, 0.2) is 36.5 Å². The minimum absolute atomic E-state index is 0.228. The Labute approximate surface area is 129 Å². The molecule has 2 N–H and O–H groups in total. The number of benzene rings is 1. The topological polar surface area (TPSA) is 41.9 Å². The maximum absolute atomic E-state index is 12.8. The minimum Gasteiger partial charge on any atom is -0.363 e. The Balaban J connectivity index is 1.60. The van der Waals surface area contributed by atoms with Gasteiger partial charge in [-0.3, -0.25) is 4.68 Å². The number of nitrogens with zero attached hydrogens (tertiary/aromatic N) is 2. The Kier molecular flexibility index (Phi) is 5.68. The summed E-state index contributed by atoms with van der Waals surface area (Å²) in [6, 6.07) is 8.36. The van der Waals surface area contributed by atoms with E-state index in [4.69, 9.17) is 12.2 Å². The maximum Gasteiger partial charge on any atom is 0.166 e. The van der Waals surface area contributed by atoms with Crippen LogP contribution >= 0.6 is 12.2 Å². The first-order valence-corrected chi connectivity index (χ1v) is 7.30. The van der Waals surface area contributed by atoms with Crippen molar-refractivity contribution in [3.63, 3.8) is 0 Å². The Bertz CT molecular complexity index is 580. The first-order valence-electron chi connectivity index (χ1n) is 6.90. The van der Waals surface area contributed by atoms with E-state index < -0.39 is 0 Å². The molecule has 0 aliphatic heterocycles. The third-order valence-electron chi connectivity index (χ3n) is 2.99. The summed E-state index contributed by atoms with van der Waals surface area (Å²) in [5.74, 6) is -0.228. The highest BCUT2D eigenvalue weighted by Crippen LogP contribution is 2.01. The second-order valence-electron chi connectivity index (χ2n) is 4.81. The van der Waals surface area contributed by atoms with E-state index >= 15 is 0 Å². The number of hydrogen-bond acceptors (Lipinski definition) is 2. The largest absolute Gasteiger partial charge is 0.363 e. The summed E-state index contributed by atoms with van der Waals surface area (Å²) in [4.78, 5) is 0. The maximum atomic E-state index is 12.8. The highest BCUT2D eigenvalue weighted by molar-refractivity contribution is 7.80. The van der Waals surface area contributed by atoms with Crippen LogP contribution in [0.25, 0.3) is 0 Å². The molecule has 0 radical (unpaired) electrons. The van der Waals surface area contributed by atoms with E-state index in [9.17, 15) is 4.39 Å². The summed E-state index contributed by atoms with van der Waals surface area (Å²) in [6.45, 7) is 4.21. The first-order chi connectivity index (χ1) is 10.1. The van der Waals surface area contributed by atoms with Crippen molar-refractivity contribution in [2.45, 2.75) is 26.4 Å². The number of aromatic nitrogens is 2. The van der Waals surface area contributed by atoms with Gasteiger partial charge in [0.1, 0.15) is 5.82 Å². The Morgan fingerprint density at radius 3 is 2.67 bits per heavy atom. The molecule has 21 heavy (non-hydrogen) atoms. The molecule has 6 heteroatoms. The van der Waals surface area contributed by atoms with Crippen molar-refractivity contribution in [2.24, 2.45) is 0 Å². The molecule has 112 valence electrons. The third-order valence-corrected chi connectivity index (χ3v) is 3.28. The number of halogens is 1. The zero-order valence-corrected chi connectivity index (χ0v) is 12.8. The predicted molar refractivity (Wildman–Crippen MR) is 85.4 cm³/mol. The third kappa shape index (κ3) is 5.51. The van der Waals surface area contributed by atoms with E-state index in [1.54, 1.807) is 12.1 Å². The summed E-state index contributed by atoms with van der Waals surface area (Å²) in [7, 11) is 0. The number of nitrogens with one attached hydrogen (secondary N) is 2. The van der Waals surface area contributed by atoms with E-state index in [0.29, 0.717) is 11.7 Å². The van der Waals surface area contributed by atoms with Gasteiger partial charge in [0.2, 0.25) is 0 Å². The van der Waals surface area contributed by atoms with Crippen LogP contribution in [-0.2, 0) is 13.1 Å². The second-order valence-corrected chi connectivity index (χ2v) is 5.22. The average Bonchev–Trinajstić information content (AvgIpc) is 2.89. The quantitative estimate of drug-likeness (QED) is 0.635. The summed E-state index contributed by atoms with van der Waals surface area (Å²) in [5, 5.41) is 11.2. The van der Waals surface area contributed by atoms with Gasteiger partial charge in [-0.1, -0.05) is 12.1 Å². The van der Waals surface area contributed by atoms with Gasteiger partial charge in [-0.25, -0.2) is 4.39 Å². The van der Waals surface area contributed by atoms with Gasteiger partial charge in [0.25, 0.3) is 0 Å². The zero-order chi connectivity index (χ0) is 15.1. The Morgan fingerprint density at radius 2 is 2.00 bits per heavy atom. The minimum atomic E-state index is -0.228. The molecule has 0 fully saturated rings. The molecule has 0 saturated heterocycles. The van der Waals surface area contributed by atoms with Crippen LogP contribution in [0.2, 0.25) is 0 Å². The van der Waals surface area contributed by atoms with Gasteiger partial charge in [0.05, 0.1) is 5.69 Å². The van der Waals surface area contributed by atoms with Gasteiger partial charge in [-0.2, -0.15) is 5.10 Å². The van der Waals surface area contributed by atoms with Gasteiger partial charge in [-0.15, -0.1) is 0 Å². The van der Waals surface area contributed by atoms with Gasteiger partial charge in [0, 0.05) is 25.8 Å². The van der Waals surface area contributed by atoms with E-state index in [1.165, 1.54) is 12.1 Å². The molecule has 0 aliphatic rings. The molecule has 2 aromatic rings. The van der Waals surface area contributed by atoms with Crippen LogP contribution in [0.4, 0.5) is 4.39 Å². The molecule has 4 nitrogen and oxygen atoms in total. The van der Waals surface area contributed by atoms with E-state index in [-0.39, 0.29) is 5.82 Å². The fourth-order valence-electron chi connectivity index (χ4n) is 1.88. The fourth-order valence-corrected chi connectivity index (χ4v) is 2.05. The smallest absolute Gasteiger partial charge is 0.166 e. The highest BCUT2D eigenvalue weighted by Gasteiger charge is 1.98. The van der Waals surface area contributed by atoms with E-state index in [0.717, 1.165) is 30.8 Å². The van der Waals surface area contributed by atoms with E-state index in [2.05, 4.69) is 15.7 Å². The molecular formula is C15H19FN4S. The molecule has 1 aromatic carbocycles. The molecule has 2 rings (SSSR count). The molecule has 0 aliphatic carbocycles. The standard InChI is InChI=1S/C15H19FN4S/c1-12-7-10-20(19-12)9-2-8-17-15(21)18-11-13-3-5-14(16)6-4-13/h3-7,10H,2,8-9,11H2,1H3,(H2,17,18,21). The van der Waals surface area contributed by atoms with Crippen molar-refractivity contribution in [3.8, 4) is 0 Å².